The molecule has 0 saturated carbocycles. The molecular weight excluding hydrogens is 178 g/mol. The molecule has 13 heavy (non-hydrogen) atoms. The molecule has 0 spiro atoms. The summed E-state index contributed by atoms with van der Waals surface area (Å²) in [5.41, 5.74) is 1.42. The molecule has 0 amide bonds. The summed E-state index contributed by atoms with van der Waals surface area (Å²) in [6, 6.07) is 2.16. The molecular formula is C11H19NS. The molecule has 1 nitrogen and oxygen atoms in total. The standard InChI is InChI=1S/C11H19NS/c1-4-10(2)6-5-7-11(3,13)8-9-12/h6,13H,4-5,7-8H2,1-3H3/b10-6+. The summed E-state index contributed by atoms with van der Waals surface area (Å²) in [4.78, 5) is 0. The molecule has 0 aromatic heterocycles. The molecule has 1 unspecified atom stereocenters. The van der Waals surface area contributed by atoms with Gasteiger partial charge in [-0.2, -0.15) is 17.9 Å². The van der Waals surface area contributed by atoms with Crippen molar-refractivity contribution in [3.05, 3.63) is 11.6 Å². The summed E-state index contributed by atoms with van der Waals surface area (Å²) in [7, 11) is 0. The molecule has 0 aliphatic carbocycles. The minimum Gasteiger partial charge on any atom is -0.198 e. The molecule has 0 saturated heterocycles. The van der Waals surface area contributed by atoms with E-state index >= 15 is 0 Å². The van der Waals surface area contributed by atoms with Gasteiger partial charge in [-0.1, -0.05) is 18.6 Å². The largest absolute Gasteiger partial charge is 0.198 e. The molecule has 0 aromatic rings. The molecule has 1 atom stereocenters. The Bertz CT molecular complexity index is 211. The third-order valence-corrected chi connectivity index (χ3v) is 2.58. The van der Waals surface area contributed by atoms with Gasteiger partial charge in [0.05, 0.1) is 6.07 Å². The minimum atomic E-state index is -0.126. The molecule has 74 valence electrons. The van der Waals surface area contributed by atoms with Crippen LogP contribution in [0.5, 0.6) is 0 Å². The first kappa shape index (κ1) is 12.6. The number of hydrogen-bond acceptors (Lipinski definition) is 2. The Morgan fingerprint density at radius 2 is 2.23 bits per heavy atom. The lowest BCUT2D eigenvalue weighted by Crippen LogP contribution is -2.14. The van der Waals surface area contributed by atoms with E-state index in [9.17, 15) is 0 Å². The zero-order valence-electron chi connectivity index (χ0n) is 8.80. The highest BCUT2D eigenvalue weighted by Crippen LogP contribution is 2.24. The number of nitrogens with zero attached hydrogens (tertiary/aromatic N) is 1. The molecule has 0 bridgehead atoms. The quantitative estimate of drug-likeness (QED) is 0.527. The molecule has 0 aliphatic rings. The van der Waals surface area contributed by atoms with Gasteiger partial charge in [-0.3, -0.25) is 0 Å². The van der Waals surface area contributed by atoms with Crippen molar-refractivity contribution in [2.75, 3.05) is 0 Å². The van der Waals surface area contributed by atoms with E-state index in [1.165, 1.54) is 5.57 Å². The van der Waals surface area contributed by atoms with Gasteiger partial charge >= 0.3 is 0 Å². The smallest absolute Gasteiger partial charge is 0.0636 e. The van der Waals surface area contributed by atoms with Gasteiger partial charge in [0, 0.05) is 11.2 Å². The van der Waals surface area contributed by atoms with Gasteiger partial charge in [-0.25, -0.2) is 0 Å². The summed E-state index contributed by atoms with van der Waals surface area (Å²) in [5.74, 6) is 0. The van der Waals surface area contributed by atoms with Crippen LogP contribution in [0.3, 0.4) is 0 Å². The van der Waals surface area contributed by atoms with Crippen molar-refractivity contribution in [3.63, 3.8) is 0 Å². The predicted octanol–water partition coefficient (Wildman–Crippen LogP) is 3.73. The zero-order valence-corrected chi connectivity index (χ0v) is 9.69. The summed E-state index contributed by atoms with van der Waals surface area (Å²) < 4.78 is -0.126. The average molecular weight is 197 g/mol. The summed E-state index contributed by atoms with van der Waals surface area (Å²) in [5, 5.41) is 8.54. The van der Waals surface area contributed by atoms with Crippen LogP contribution in [0.4, 0.5) is 0 Å². The van der Waals surface area contributed by atoms with Crippen LogP contribution in [-0.4, -0.2) is 4.75 Å². The maximum Gasteiger partial charge on any atom is 0.0636 e. The van der Waals surface area contributed by atoms with Crippen LogP contribution in [0, 0.1) is 11.3 Å². The second-order valence-electron chi connectivity index (χ2n) is 3.77. The van der Waals surface area contributed by atoms with E-state index in [-0.39, 0.29) is 4.75 Å². The monoisotopic (exact) mass is 197 g/mol. The number of nitriles is 1. The van der Waals surface area contributed by atoms with E-state index in [2.05, 4.69) is 38.6 Å². The van der Waals surface area contributed by atoms with Crippen LogP contribution < -0.4 is 0 Å². The summed E-state index contributed by atoms with van der Waals surface area (Å²) >= 11 is 4.45. The van der Waals surface area contributed by atoms with Crippen molar-refractivity contribution >= 4 is 12.6 Å². The van der Waals surface area contributed by atoms with Gasteiger partial charge in [-0.05, 0) is 33.1 Å². The lowest BCUT2D eigenvalue weighted by atomic mass is 10.0. The fourth-order valence-electron chi connectivity index (χ4n) is 1.03. The molecule has 0 aromatic carbocycles. The van der Waals surface area contributed by atoms with Crippen LogP contribution in [0.1, 0.15) is 46.5 Å². The fraction of sp³-hybridized carbons (Fsp3) is 0.727. The van der Waals surface area contributed by atoms with E-state index in [0.717, 1.165) is 19.3 Å². The van der Waals surface area contributed by atoms with Crippen LogP contribution in [0.2, 0.25) is 0 Å². The van der Waals surface area contributed by atoms with Gasteiger partial charge in [0.2, 0.25) is 0 Å². The Morgan fingerprint density at radius 3 is 2.69 bits per heavy atom. The molecule has 0 heterocycles. The Balaban J connectivity index is 3.83. The van der Waals surface area contributed by atoms with E-state index < -0.39 is 0 Å². The maximum atomic E-state index is 8.54. The van der Waals surface area contributed by atoms with E-state index in [1.54, 1.807) is 0 Å². The van der Waals surface area contributed by atoms with Crippen molar-refractivity contribution in [2.24, 2.45) is 0 Å². The SMILES string of the molecule is CC/C(C)=C/CCC(C)(S)CC#N. The first-order valence-corrected chi connectivity index (χ1v) is 5.21. The van der Waals surface area contributed by atoms with Crippen LogP contribution in [0.15, 0.2) is 11.6 Å². The van der Waals surface area contributed by atoms with Crippen molar-refractivity contribution in [1.82, 2.24) is 0 Å². The highest BCUT2D eigenvalue weighted by molar-refractivity contribution is 7.81. The van der Waals surface area contributed by atoms with Gasteiger partial charge in [-0.15, -0.1) is 0 Å². The highest BCUT2D eigenvalue weighted by atomic mass is 32.1. The molecule has 0 N–H and O–H groups in total. The molecule has 2 heteroatoms. The van der Waals surface area contributed by atoms with Crippen LogP contribution in [0.25, 0.3) is 0 Å². The van der Waals surface area contributed by atoms with Crippen molar-refractivity contribution < 1.29 is 0 Å². The van der Waals surface area contributed by atoms with Crippen molar-refractivity contribution in [3.8, 4) is 6.07 Å². The van der Waals surface area contributed by atoms with Crippen LogP contribution >= 0.6 is 12.6 Å². The predicted molar refractivity (Wildman–Crippen MR) is 60.9 cm³/mol. The van der Waals surface area contributed by atoms with Gasteiger partial charge in [0.1, 0.15) is 0 Å². The van der Waals surface area contributed by atoms with E-state index in [4.69, 9.17) is 5.26 Å². The fourth-order valence-corrected chi connectivity index (χ4v) is 1.23. The first-order valence-electron chi connectivity index (χ1n) is 4.77. The number of hydrogen-bond donors (Lipinski definition) is 1. The van der Waals surface area contributed by atoms with Crippen molar-refractivity contribution in [2.45, 2.75) is 51.2 Å². The number of allylic oxidation sites excluding steroid dienone is 2. The molecule has 0 fully saturated rings. The van der Waals surface area contributed by atoms with Gasteiger partial charge < -0.3 is 0 Å². The van der Waals surface area contributed by atoms with E-state index in [1.807, 2.05) is 6.92 Å². The molecule has 0 radical (unpaired) electrons. The second-order valence-corrected chi connectivity index (χ2v) is 4.85. The Morgan fingerprint density at radius 1 is 1.62 bits per heavy atom. The summed E-state index contributed by atoms with van der Waals surface area (Å²) in [6.45, 7) is 6.32. The highest BCUT2D eigenvalue weighted by Gasteiger charge is 2.16. The second kappa shape index (κ2) is 6.10. The van der Waals surface area contributed by atoms with E-state index in [0.29, 0.717) is 6.42 Å². The van der Waals surface area contributed by atoms with Gasteiger partial charge in [0.15, 0.2) is 0 Å². The zero-order chi connectivity index (χ0) is 10.3. The maximum absolute atomic E-state index is 8.54. The molecule has 0 aliphatic heterocycles. The first-order chi connectivity index (χ1) is 6.02. The minimum absolute atomic E-state index is 0.126. The van der Waals surface area contributed by atoms with Gasteiger partial charge in [0.25, 0.3) is 0 Å². The summed E-state index contributed by atoms with van der Waals surface area (Å²) in [6.07, 6.45) is 5.88. The normalized spacial score (nSPS) is 16.4. The molecule has 0 rings (SSSR count). The van der Waals surface area contributed by atoms with Crippen LogP contribution in [-0.2, 0) is 0 Å². The lowest BCUT2D eigenvalue weighted by Gasteiger charge is -2.18. The number of thiol groups is 1. The van der Waals surface area contributed by atoms with Crippen molar-refractivity contribution in [1.29, 1.82) is 5.26 Å². The third kappa shape index (κ3) is 6.72. The topological polar surface area (TPSA) is 23.8 Å². The lowest BCUT2D eigenvalue weighted by molar-refractivity contribution is 0.609. The Kier molecular flexibility index (Phi) is 5.90. The third-order valence-electron chi connectivity index (χ3n) is 2.19. The Hall–Kier alpha value is -0.420. The Labute approximate surface area is 87.2 Å². The average Bonchev–Trinajstić information content (AvgIpc) is 2.03. The number of rotatable bonds is 5.